The van der Waals surface area contributed by atoms with Crippen molar-refractivity contribution >= 4 is 0 Å². The number of fused-ring (bicyclic) bond motifs is 1. The van der Waals surface area contributed by atoms with Gasteiger partial charge in [-0.3, -0.25) is 4.98 Å². The molecule has 0 spiro atoms. The van der Waals surface area contributed by atoms with E-state index in [0.717, 1.165) is 19.0 Å². The van der Waals surface area contributed by atoms with Crippen LogP contribution in [0.4, 0.5) is 0 Å². The van der Waals surface area contributed by atoms with Gasteiger partial charge >= 0.3 is 0 Å². The van der Waals surface area contributed by atoms with Crippen molar-refractivity contribution in [3.63, 3.8) is 0 Å². The van der Waals surface area contributed by atoms with Crippen LogP contribution in [0.25, 0.3) is 0 Å². The standard InChI is InChI=1S/C16H26N2/c1-4-9-17-11-12(2)13(3)15-8-7-14-6-5-10-18-16(14)15/h5-6,10,12-13,15,17H,4,7-9,11H2,1-3H3. The lowest BCUT2D eigenvalue weighted by atomic mass is 9.82. The van der Waals surface area contributed by atoms with E-state index in [1.165, 1.54) is 30.5 Å². The Balaban J connectivity index is 1.96. The summed E-state index contributed by atoms with van der Waals surface area (Å²) in [5.41, 5.74) is 2.84. The molecule has 1 aliphatic carbocycles. The maximum Gasteiger partial charge on any atom is 0.0469 e. The molecule has 2 nitrogen and oxygen atoms in total. The number of aryl methyl sites for hydroxylation is 1. The molecule has 0 aliphatic heterocycles. The third-order valence-corrected chi connectivity index (χ3v) is 4.43. The Bertz CT molecular complexity index is 375. The van der Waals surface area contributed by atoms with E-state index >= 15 is 0 Å². The number of nitrogens with one attached hydrogen (secondary N) is 1. The molecule has 0 bridgehead atoms. The van der Waals surface area contributed by atoms with E-state index in [0.29, 0.717) is 11.8 Å². The summed E-state index contributed by atoms with van der Waals surface area (Å²) in [5.74, 6) is 2.10. The van der Waals surface area contributed by atoms with E-state index in [1.807, 2.05) is 6.20 Å². The summed E-state index contributed by atoms with van der Waals surface area (Å²) in [5, 5.41) is 3.54. The fourth-order valence-corrected chi connectivity index (χ4v) is 3.04. The van der Waals surface area contributed by atoms with E-state index in [9.17, 15) is 0 Å². The van der Waals surface area contributed by atoms with Gasteiger partial charge in [0, 0.05) is 17.8 Å². The maximum atomic E-state index is 4.62. The third kappa shape index (κ3) is 2.92. The first-order valence-corrected chi connectivity index (χ1v) is 7.38. The van der Waals surface area contributed by atoms with Gasteiger partial charge in [-0.2, -0.15) is 0 Å². The maximum absolute atomic E-state index is 4.62. The molecule has 1 aromatic heterocycles. The van der Waals surface area contributed by atoms with Gasteiger partial charge in [0.05, 0.1) is 0 Å². The van der Waals surface area contributed by atoms with Gasteiger partial charge in [0.2, 0.25) is 0 Å². The van der Waals surface area contributed by atoms with E-state index < -0.39 is 0 Å². The highest BCUT2D eigenvalue weighted by Gasteiger charge is 2.30. The average Bonchev–Trinajstić information content (AvgIpc) is 2.82. The molecule has 0 amide bonds. The van der Waals surface area contributed by atoms with Crippen LogP contribution < -0.4 is 5.32 Å². The Labute approximate surface area is 111 Å². The van der Waals surface area contributed by atoms with Crippen LogP contribution in [0.15, 0.2) is 18.3 Å². The van der Waals surface area contributed by atoms with Crippen LogP contribution in [0.1, 0.15) is 50.8 Å². The van der Waals surface area contributed by atoms with Crippen molar-refractivity contribution < 1.29 is 0 Å². The summed E-state index contributed by atoms with van der Waals surface area (Å²) < 4.78 is 0. The molecular weight excluding hydrogens is 220 g/mol. The van der Waals surface area contributed by atoms with Gasteiger partial charge in [-0.25, -0.2) is 0 Å². The highest BCUT2D eigenvalue weighted by molar-refractivity contribution is 5.29. The molecule has 100 valence electrons. The summed E-state index contributed by atoms with van der Waals surface area (Å²) in [6.07, 6.45) is 5.66. The Hall–Kier alpha value is -0.890. The van der Waals surface area contributed by atoms with E-state index in [1.54, 1.807) is 0 Å². The molecule has 1 N–H and O–H groups in total. The Kier molecular flexibility index (Phi) is 4.76. The van der Waals surface area contributed by atoms with Crippen LogP contribution in [-0.2, 0) is 6.42 Å². The number of hydrogen-bond acceptors (Lipinski definition) is 2. The minimum Gasteiger partial charge on any atom is -0.316 e. The number of aromatic nitrogens is 1. The van der Waals surface area contributed by atoms with E-state index in [-0.39, 0.29) is 0 Å². The van der Waals surface area contributed by atoms with Crippen molar-refractivity contribution in [3.05, 3.63) is 29.6 Å². The summed E-state index contributed by atoms with van der Waals surface area (Å²) in [7, 11) is 0. The highest BCUT2D eigenvalue weighted by atomic mass is 14.9. The van der Waals surface area contributed by atoms with Gasteiger partial charge in [-0.1, -0.05) is 26.8 Å². The van der Waals surface area contributed by atoms with Crippen molar-refractivity contribution in [2.24, 2.45) is 11.8 Å². The second kappa shape index (κ2) is 6.33. The van der Waals surface area contributed by atoms with Crippen LogP contribution in [0, 0.1) is 11.8 Å². The minimum absolute atomic E-state index is 0.666. The third-order valence-electron chi connectivity index (χ3n) is 4.43. The molecule has 1 aliphatic rings. The second-order valence-corrected chi connectivity index (χ2v) is 5.73. The SMILES string of the molecule is CCCNCC(C)C(C)C1CCc2cccnc21. The lowest BCUT2D eigenvalue weighted by molar-refractivity contribution is 0.308. The van der Waals surface area contributed by atoms with Crippen LogP contribution in [-0.4, -0.2) is 18.1 Å². The topological polar surface area (TPSA) is 24.9 Å². The van der Waals surface area contributed by atoms with Crippen LogP contribution in [0.2, 0.25) is 0 Å². The quantitative estimate of drug-likeness (QED) is 0.778. The van der Waals surface area contributed by atoms with Crippen molar-refractivity contribution in [3.8, 4) is 0 Å². The van der Waals surface area contributed by atoms with Crippen molar-refractivity contribution in [1.82, 2.24) is 10.3 Å². The number of hydrogen-bond donors (Lipinski definition) is 1. The number of pyridine rings is 1. The first kappa shape index (κ1) is 13.5. The molecule has 1 aromatic rings. The Morgan fingerprint density at radius 2 is 2.28 bits per heavy atom. The molecule has 3 atom stereocenters. The molecule has 0 radical (unpaired) electrons. The molecule has 3 unspecified atom stereocenters. The van der Waals surface area contributed by atoms with Gasteiger partial charge in [0.15, 0.2) is 0 Å². The van der Waals surface area contributed by atoms with Gasteiger partial charge in [0.1, 0.15) is 0 Å². The summed E-state index contributed by atoms with van der Waals surface area (Å²) in [6, 6.07) is 4.31. The first-order chi connectivity index (χ1) is 8.74. The fraction of sp³-hybridized carbons (Fsp3) is 0.688. The molecule has 0 aromatic carbocycles. The largest absolute Gasteiger partial charge is 0.316 e. The molecule has 2 heteroatoms. The fourth-order valence-electron chi connectivity index (χ4n) is 3.04. The van der Waals surface area contributed by atoms with Crippen LogP contribution in [0.5, 0.6) is 0 Å². The van der Waals surface area contributed by atoms with Crippen LogP contribution in [0.3, 0.4) is 0 Å². The lowest BCUT2D eigenvalue weighted by Gasteiger charge is -2.26. The summed E-state index contributed by atoms with van der Waals surface area (Å²) in [6.45, 7) is 9.25. The Morgan fingerprint density at radius 1 is 1.44 bits per heavy atom. The van der Waals surface area contributed by atoms with Gasteiger partial charge < -0.3 is 5.32 Å². The minimum atomic E-state index is 0.666. The van der Waals surface area contributed by atoms with Gasteiger partial charge in [0.25, 0.3) is 0 Å². The van der Waals surface area contributed by atoms with Gasteiger partial charge in [-0.05, 0) is 55.8 Å². The van der Waals surface area contributed by atoms with Crippen molar-refractivity contribution in [2.75, 3.05) is 13.1 Å². The van der Waals surface area contributed by atoms with Gasteiger partial charge in [-0.15, -0.1) is 0 Å². The van der Waals surface area contributed by atoms with Crippen molar-refractivity contribution in [2.45, 2.75) is 46.0 Å². The lowest BCUT2D eigenvalue weighted by Crippen LogP contribution is -2.28. The predicted molar refractivity (Wildman–Crippen MR) is 76.8 cm³/mol. The zero-order valence-corrected chi connectivity index (χ0v) is 11.9. The van der Waals surface area contributed by atoms with Crippen molar-refractivity contribution in [1.29, 1.82) is 0 Å². The normalized spacial score (nSPS) is 21.6. The zero-order chi connectivity index (χ0) is 13.0. The molecule has 0 saturated heterocycles. The number of nitrogens with zero attached hydrogens (tertiary/aromatic N) is 1. The molecule has 2 rings (SSSR count). The Morgan fingerprint density at radius 3 is 3.06 bits per heavy atom. The van der Waals surface area contributed by atoms with E-state index in [4.69, 9.17) is 0 Å². The summed E-state index contributed by atoms with van der Waals surface area (Å²) in [4.78, 5) is 4.62. The number of rotatable bonds is 6. The van der Waals surface area contributed by atoms with Crippen LogP contribution >= 0.6 is 0 Å². The molecular formula is C16H26N2. The molecule has 1 heterocycles. The summed E-state index contributed by atoms with van der Waals surface area (Å²) >= 11 is 0. The smallest absolute Gasteiger partial charge is 0.0469 e. The molecule has 0 fully saturated rings. The molecule has 18 heavy (non-hydrogen) atoms. The monoisotopic (exact) mass is 246 g/mol. The predicted octanol–water partition coefficient (Wildman–Crippen LogP) is 3.38. The first-order valence-electron chi connectivity index (χ1n) is 7.38. The second-order valence-electron chi connectivity index (χ2n) is 5.73. The highest BCUT2D eigenvalue weighted by Crippen LogP contribution is 2.39. The average molecular weight is 246 g/mol. The molecule has 0 saturated carbocycles. The zero-order valence-electron chi connectivity index (χ0n) is 11.9. The van der Waals surface area contributed by atoms with E-state index in [2.05, 4.69) is 43.2 Å².